The van der Waals surface area contributed by atoms with Crippen LogP contribution < -0.4 is 5.32 Å². The second kappa shape index (κ2) is 5.22. The Morgan fingerprint density at radius 2 is 2.05 bits per heavy atom. The molecule has 0 radical (unpaired) electrons. The van der Waals surface area contributed by atoms with Crippen molar-refractivity contribution in [3.63, 3.8) is 0 Å². The number of hydrogen-bond donors (Lipinski definition) is 1. The number of alkyl halides is 3. The van der Waals surface area contributed by atoms with E-state index in [1.807, 2.05) is 0 Å². The summed E-state index contributed by atoms with van der Waals surface area (Å²) in [5.41, 5.74) is -0.510. The third kappa shape index (κ3) is 2.90. The van der Waals surface area contributed by atoms with Crippen LogP contribution in [-0.4, -0.2) is 16.6 Å². The van der Waals surface area contributed by atoms with E-state index in [2.05, 4.69) is 14.9 Å². The van der Waals surface area contributed by atoms with E-state index in [9.17, 15) is 17.6 Å². The Balaban J connectivity index is 2.45. The summed E-state index contributed by atoms with van der Waals surface area (Å²) in [5.74, 6) is -1.29. The minimum atomic E-state index is -4.72. The van der Waals surface area contributed by atoms with Crippen LogP contribution in [-0.2, 0) is 6.18 Å². The molecule has 0 bridgehead atoms. The molecule has 0 saturated heterocycles. The fourth-order valence-electron chi connectivity index (χ4n) is 1.72. The van der Waals surface area contributed by atoms with Crippen molar-refractivity contribution in [1.82, 2.24) is 14.9 Å². The lowest BCUT2D eigenvalue weighted by molar-refractivity contribution is -0.140. The Hall–Kier alpha value is -1.54. The van der Waals surface area contributed by atoms with E-state index in [0.717, 1.165) is 23.7 Å². The van der Waals surface area contributed by atoms with Gasteiger partial charge >= 0.3 is 6.18 Å². The summed E-state index contributed by atoms with van der Waals surface area (Å²) in [4.78, 5) is 0. The van der Waals surface area contributed by atoms with Gasteiger partial charge in [0.1, 0.15) is 5.82 Å². The molecule has 0 aliphatic rings. The number of halogens is 4. The molecular weight excluding hydrogens is 282 g/mol. The first kappa shape index (κ1) is 13.9. The van der Waals surface area contributed by atoms with E-state index in [4.69, 9.17) is 0 Å². The zero-order valence-electron chi connectivity index (χ0n) is 9.70. The third-order valence-electron chi connectivity index (χ3n) is 2.59. The number of hydrogen-bond acceptors (Lipinski definition) is 4. The molecular formula is C11H9F4N3S. The zero-order valence-corrected chi connectivity index (χ0v) is 10.5. The number of nitrogens with one attached hydrogen (secondary N) is 1. The van der Waals surface area contributed by atoms with E-state index >= 15 is 0 Å². The van der Waals surface area contributed by atoms with Gasteiger partial charge in [-0.2, -0.15) is 13.2 Å². The molecule has 2 aromatic rings. The first-order chi connectivity index (χ1) is 8.93. The van der Waals surface area contributed by atoms with Crippen LogP contribution in [0.3, 0.4) is 0 Å². The second-order valence-corrected chi connectivity index (χ2v) is 4.40. The predicted molar refractivity (Wildman–Crippen MR) is 62.2 cm³/mol. The Morgan fingerprint density at radius 1 is 1.32 bits per heavy atom. The van der Waals surface area contributed by atoms with E-state index in [-0.39, 0.29) is 5.56 Å². The molecule has 1 aromatic carbocycles. The minimum absolute atomic E-state index is 0.281. The van der Waals surface area contributed by atoms with Gasteiger partial charge in [-0.05, 0) is 36.3 Å². The maximum atomic E-state index is 13.2. The molecule has 1 aromatic heterocycles. The van der Waals surface area contributed by atoms with Crippen molar-refractivity contribution in [3.8, 4) is 0 Å². The molecule has 1 unspecified atom stereocenters. The van der Waals surface area contributed by atoms with Gasteiger partial charge in [0.2, 0.25) is 0 Å². The molecule has 0 amide bonds. The van der Waals surface area contributed by atoms with Crippen molar-refractivity contribution < 1.29 is 17.6 Å². The largest absolute Gasteiger partial charge is 0.419 e. The van der Waals surface area contributed by atoms with Crippen molar-refractivity contribution in [2.24, 2.45) is 0 Å². The second-order valence-electron chi connectivity index (χ2n) is 3.79. The smallest absolute Gasteiger partial charge is 0.308 e. The van der Waals surface area contributed by atoms with Gasteiger partial charge < -0.3 is 5.32 Å². The van der Waals surface area contributed by atoms with Crippen molar-refractivity contribution >= 4 is 11.5 Å². The summed E-state index contributed by atoms with van der Waals surface area (Å²) >= 11 is 1.09. The zero-order chi connectivity index (χ0) is 14.0. The molecule has 1 atom stereocenters. The topological polar surface area (TPSA) is 37.8 Å². The number of aromatic nitrogens is 2. The van der Waals surface area contributed by atoms with Gasteiger partial charge in [0.25, 0.3) is 0 Å². The SMILES string of the molecule is CNC(c1ccc(F)c(C(F)(F)F)c1)c1csnn1. The molecule has 0 aliphatic heterocycles. The maximum absolute atomic E-state index is 13.2. The molecule has 102 valence electrons. The molecule has 1 N–H and O–H groups in total. The highest BCUT2D eigenvalue weighted by Gasteiger charge is 2.34. The Morgan fingerprint density at radius 3 is 2.58 bits per heavy atom. The average Bonchev–Trinajstić information content (AvgIpc) is 2.84. The van der Waals surface area contributed by atoms with Gasteiger partial charge in [-0.1, -0.05) is 10.6 Å². The summed E-state index contributed by atoms with van der Waals surface area (Å²) in [6.45, 7) is 0. The first-order valence-electron chi connectivity index (χ1n) is 5.24. The van der Waals surface area contributed by atoms with Crippen molar-refractivity contribution in [3.05, 3.63) is 46.2 Å². The summed E-state index contributed by atoms with van der Waals surface area (Å²) in [5, 5.41) is 8.27. The highest BCUT2D eigenvalue weighted by atomic mass is 32.1. The van der Waals surface area contributed by atoms with Gasteiger partial charge in [0.15, 0.2) is 0 Å². The fraction of sp³-hybridized carbons (Fsp3) is 0.273. The molecule has 0 fully saturated rings. The lowest BCUT2D eigenvalue weighted by atomic mass is 10.0. The molecule has 0 saturated carbocycles. The Labute approximate surface area is 110 Å². The van der Waals surface area contributed by atoms with E-state index in [1.165, 1.54) is 6.07 Å². The van der Waals surface area contributed by atoms with Crippen LogP contribution in [0.15, 0.2) is 23.6 Å². The number of benzene rings is 1. The van der Waals surface area contributed by atoms with Gasteiger partial charge in [-0.3, -0.25) is 0 Å². The monoisotopic (exact) mass is 291 g/mol. The first-order valence-corrected chi connectivity index (χ1v) is 6.08. The van der Waals surface area contributed by atoms with Gasteiger partial charge in [-0.15, -0.1) is 5.10 Å². The van der Waals surface area contributed by atoms with Crippen LogP contribution in [0, 0.1) is 5.82 Å². The quantitative estimate of drug-likeness (QED) is 0.883. The standard InChI is InChI=1S/C11H9F4N3S/c1-16-10(9-5-19-18-17-9)6-2-3-8(12)7(4-6)11(13,14)15/h2-5,10,16H,1H3. The summed E-state index contributed by atoms with van der Waals surface area (Å²) in [7, 11) is 1.58. The van der Waals surface area contributed by atoms with Crippen LogP contribution in [0.5, 0.6) is 0 Å². The van der Waals surface area contributed by atoms with Crippen LogP contribution in [0.2, 0.25) is 0 Å². The summed E-state index contributed by atoms with van der Waals surface area (Å²) < 4.78 is 54.8. The molecule has 0 spiro atoms. The Kier molecular flexibility index (Phi) is 3.81. The number of rotatable bonds is 3. The van der Waals surface area contributed by atoms with Crippen molar-refractivity contribution in [2.45, 2.75) is 12.2 Å². The van der Waals surface area contributed by atoms with Crippen LogP contribution in [0.4, 0.5) is 17.6 Å². The summed E-state index contributed by atoms with van der Waals surface area (Å²) in [6, 6.07) is 2.34. The molecule has 8 heteroatoms. The average molecular weight is 291 g/mol. The van der Waals surface area contributed by atoms with Crippen LogP contribution in [0.25, 0.3) is 0 Å². The molecule has 2 rings (SSSR count). The molecule has 0 aliphatic carbocycles. The fourth-order valence-corrected chi connectivity index (χ4v) is 2.20. The highest BCUT2D eigenvalue weighted by molar-refractivity contribution is 7.03. The van der Waals surface area contributed by atoms with Gasteiger partial charge in [0, 0.05) is 5.38 Å². The number of nitrogens with zero attached hydrogens (tertiary/aromatic N) is 2. The normalized spacial score (nSPS) is 13.5. The summed E-state index contributed by atoms with van der Waals surface area (Å²) in [6.07, 6.45) is -4.72. The van der Waals surface area contributed by atoms with Crippen LogP contribution in [0.1, 0.15) is 22.9 Å². The van der Waals surface area contributed by atoms with E-state index < -0.39 is 23.6 Å². The van der Waals surface area contributed by atoms with Gasteiger partial charge in [0.05, 0.1) is 17.3 Å². The van der Waals surface area contributed by atoms with E-state index in [0.29, 0.717) is 5.69 Å². The Bertz CT molecular complexity index is 554. The highest BCUT2D eigenvalue weighted by Crippen LogP contribution is 2.33. The molecule has 3 nitrogen and oxygen atoms in total. The van der Waals surface area contributed by atoms with Crippen molar-refractivity contribution in [1.29, 1.82) is 0 Å². The lowest BCUT2D eigenvalue weighted by Crippen LogP contribution is -2.19. The lowest BCUT2D eigenvalue weighted by Gasteiger charge is -2.16. The third-order valence-corrected chi connectivity index (χ3v) is 3.11. The molecule has 1 heterocycles. The maximum Gasteiger partial charge on any atom is 0.419 e. The van der Waals surface area contributed by atoms with Gasteiger partial charge in [-0.25, -0.2) is 4.39 Å². The van der Waals surface area contributed by atoms with Crippen LogP contribution >= 0.6 is 11.5 Å². The van der Waals surface area contributed by atoms with E-state index in [1.54, 1.807) is 12.4 Å². The van der Waals surface area contributed by atoms with Crippen molar-refractivity contribution in [2.75, 3.05) is 7.05 Å². The molecule has 19 heavy (non-hydrogen) atoms. The predicted octanol–water partition coefficient (Wildman–Crippen LogP) is 3.00. The minimum Gasteiger partial charge on any atom is -0.308 e.